The zero-order chi connectivity index (χ0) is 36.1. The third-order valence-electron chi connectivity index (χ3n) is 9.47. The van der Waals surface area contributed by atoms with E-state index in [9.17, 15) is 24.4 Å². The van der Waals surface area contributed by atoms with Gasteiger partial charge in [-0.15, -0.1) is 0 Å². The first-order valence-corrected chi connectivity index (χ1v) is 19.0. The van der Waals surface area contributed by atoms with E-state index in [0.29, 0.717) is 35.6 Å². The highest BCUT2D eigenvalue weighted by atomic mass is 31.2. The summed E-state index contributed by atoms with van der Waals surface area (Å²) in [6.45, 7) is 15.3. The van der Waals surface area contributed by atoms with Crippen LogP contribution >= 0.6 is 7.67 Å². The molecule has 4 N–H and O–H groups in total. The van der Waals surface area contributed by atoms with Crippen molar-refractivity contribution in [2.45, 2.75) is 117 Å². The Labute approximate surface area is 288 Å². The number of aromatic nitrogens is 4. The van der Waals surface area contributed by atoms with Gasteiger partial charge in [-0.1, -0.05) is 40.5 Å². The third-order valence-corrected chi connectivity index (χ3v) is 11.2. The fourth-order valence-electron chi connectivity index (χ4n) is 6.12. The number of aliphatic hydroxyl groups excluding tert-OH is 1. The van der Waals surface area contributed by atoms with Gasteiger partial charge in [0.05, 0.1) is 26.1 Å². The quantitative estimate of drug-likeness (QED) is 0.138. The van der Waals surface area contributed by atoms with Crippen LogP contribution in [0.1, 0.15) is 86.2 Å². The Bertz CT molecular complexity index is 1450. The van der Waals surface area contributed by atoms with E-state index < -0.39 is 62.3 Å². The summed E-state index contributed by atoms with van der Waals surface area (Å²) in [7, 11) is -4.31. The van der Waals surface area contributed by atoms with Crippen LogP contribution in [0.5, 0.6) is 0 Å². The molecular formula is C32H54N7O9P. The summed E-state index contributed by atoms with van der Waals surface area (Å²) in [6, 6.07) is -2.11. The van der Waals surface area contributed by atoms with Crippen molar-refractivity contribution in [1.29, 1.82) is 0 Å². The highest BCUT2D eigenvalue weighted by molar-refractivity contribution is 7.54. The van der Waals surface area contributed by atoms with Gasteiger partial charge in [-0.05, 0) is 52.4 Å². The molecule has 2 saturated heterocycles. The minimum atomic E-state index is -4.31. The van der Waals surface area contributed by atoms with Gasteiger partial charge in [-0.3, -0.25) is 18.7 Å². The molecular weight excluding hydrogens is 657 g/mol. The molecule has 2 aromatic rings. The predicted molar refractivity (Wildman–Crippen MR) is 182 cm³/mol. The number of hydrogen-bond acceptors (Lipinski definition) is 13. The highest BCUT2D eigenvalue weighted by Gasteiger charge is 2.54. The van der Waals surface area contributed by atoms with E-state index in [-0.39, 0.29) is 25.0 Å². The van der Waals surface area contributed by atoms with E-state index in [1.54, 1.807) is 39.2 Å². The topological polar surface area (TPSA) is 199 Å². The van der Waals surface area contributed by atoms with Gasteiger partial charge in [0.2, 0.25) is 0 Å². The number of aryl methyl sites for hydroxylation is 1. The van der Waals surface area contributed by atoms with Crippen LogP contribution in [0.4, 0.5) is 5.82 Å². The molecule has 0 saturated carbocycles. The molecule has 0 amide bonds. The second-order valence-corrected chi connectivity index (χ2v) is 15.0. The van der Waals surface area contributed by atoms with Crippen molar-refractivity contribution < 1.29 is 43.1 Å². The van der Waals surface area contributed by atoms with Crippen LogP contribution in [0, 0.1) is 18.8 Å². The van der Waals surface area contributed by atoms with Crippen molar-refractivity contribution in [2.75, 3.05) is 37.8 Å². The summed E-state index contributed by atoms with van der Waals surface area (Å²) >= 11 is 0. The van der Waals surface area contributed by atoms with Gasteiger partial charge in [0.1, 0.15) is 35.7 Å². The molecule has 17 heteroatoms. The molecule has 3 unspecified atom stereocenters. The Morgan fingerprint density at radius 1 is 1.04 bits per heavy atom. The van der Waals surface area contributed by atoms with Gasteiger partial charge in [0.25, 0.3) is 0 Å². The van der Waals surface area contributed by atoms with Crippen LogP contribution in [-0.4, -0.2) is 104 Å². The zero-order valence-corrected chi connectivity index (χ0v) is 30.8. The van der Waals surface area contributed by atoms with E-state index in [2.05, 4.69) is 30.0 Å². The Morgan fingerprint density at radius 3 is 2.10 bits per heavy atom. The number of carbonyl (C=O) groups excluding carboxylic acids is 2. The van der Waals surface area contributed by atoms with E-state index in [0.717, 1.165) is 25.9 Å². The lowest BCUT2D eigenvalue weighted by Crippen LogP contribution is -2.49. The number of fused-ring (bicyclic) bond motifs is 1. The average molecular weight is 712 g/mol. The molecule has 276 valence electrons. The van der Waals surface area contributed by atoms with Crippen LogP contribution in [-0.2, 0) is 32.9 Å². The molecule has 4 heterocycles. The normalized spacial score (nSPS) is 26.3. The number of hydrogen-bond donors (Lipinski definition) is 4. The third kappa shape index (κ3) is 8.61. The number of aliphatic hydroxyl groups is 2. The smallest absolute Gasteiger partial charge is 0.342 e. The SMILES string of the molecule is CCOC(=O)[C@@H](NP(=O)(N[C@H](C(=O)OCC)C(C)CC)OC[C@H]1O[C@@H](n2cnc3c(N4CCCC4)nc(C)nc32)[C@@](C)(O)C1O)C(C)CC. The molecule has 8 atom stereocenters. The van der Waals surface area contributed by atoms with Gasteiger partial charge < -0.3 is 33.8 Å². The molecule has 2 aliphatic heterocycles. The van der Waals surface area contributed by atoms with Crippen LogP contribution < -0.4 is 15.1 Å². The highest BCUT2D eigenvalue weighted by Crippen LogP contribution is 2.45. The average Bonchev–Trinajstić information content (AvgIpc) is 3.80. The first kappa shape index (κ1) is 39.1. The molecule has 4 rings (SSSR count). The van der Waals surface area contributed by atoms with E-state index >= 15 is 0 Å². The summed E-state index contributed by atoms with van der Waals surface area (Å²) in [4.78, 5) is 42.0. The molecule has 0 bridgehead atoms. The van der Waals surface area contributed by atoms with Gasteiger partial charge in [-0.25, -0.2) is 25.1 Å². The molecule has 2 aromatic heterocycles. The number of ether oxygens (including phenoxy) is 3. The fraction of sp³-hybridized carbons (Fsp3) is 0.781. The van der Waals surface area contributed by atoms with Gasteiger partial charge in [0.15, 0.2) is 23.2 Å². The van der Waals surface area contributed by atoms with Crippen molar-refractivity contribution in [3.8, 4) is 0 Å². The van der Waals surface area contributed by atoms with Crippen molar-refractivity contribution in [1.82, 2.24) is 29.7 Å². The van der Waals surface area contributed by atoms with Gasteiger partial charge in [0, 0.05) is 13.1 Å². The monoisotopic (exact) mass is 711 g/mol. The lowest BCUT2D eigenvalue weighted by molar-refractivity contribution is -0.147. The van der Waals surface area contributed by atoms with Crippen LogP contribution in [0.2, 0.25) is 0 Å². The molecule has 0 spiro atoms. The number of anilines is 1. The van der Waals surface area contributed by atoms with E-state index in [1.807, 2.05) is 13.8 Å². The summed E-state index contributed by atoms with van der Waals surface area (Å²) in [5.41, 5.74) is -0.878. The second kappa shape index (κ2) is 16.5. The van der Waals surface area contributed by atoms with Crippen LogP contribution in [0.25, 0.3) is 11.2 Å². The maximum atomic E-state index is 14.7. The van der Waals surface area contributed by atoms with Crippen LogP contribution in [0.15, 0.2) is 6.33 Å². The predicted octanol–water partition coefficient (Wildman–Crippen LogP) is 3.00. The van der Waals surface area contributed by atoms with Crippen molar-refractivity contribution >= 4 is 36.6 Å². The molecule has 0 aromatic carbocycles. The molecule has 0 radical (unpaired) electrons. The van der Waals surface area contributed by atoms with Crippen molar-refractivity contribution in [3.05, 3.63) is 12.2 Å². The first-order chi connectivity index (χ1) is 23.2. The van der Waals surface area contributed by atoms with E-state index in [4.69, 9.17) is 18.7 Å². The number of rotatable bonds is 17. The van der Waals surface area contributed by atoms with Crippen molar-refractivity contribution in [3.63, 3.8) is 0 Å². The molecule has 49 heavy (non-hydrogen) atoms. The maximum absolute atomic E-state index is 14.7. The van der Waals surface area contributed by atoms with Gasteiger partial charge in [-0.2, -0.15) is 0 Å². The summed E-state index contributed by atoms with van der Waals surface area (Å²) in [5, 5.41) is 28.6. The zero-order valence-electron chi connectivity index (χ0n) is 29.9. The van der Waals surface area contributed by atoms with Gasteiger partial charge >= 0.3 is 19.6 Å². The van der Waals surface area contributed by atoms with Crippen LogP contribution in [0.3, 0.4) is 0 Å². The Hall–Kier alpha value is -2.72. The number of esters is 2. The number of imidazole rings is 1. The summed E-state index contributed by atoms with van der Waals surface area (Å²) < 4.78 is 39.1. The molecule has 2 fully saturated rings. The maximum Gasteiger partial charge on any atom is 0.342 e. The number of nitrogens with zero attached hydrogens (tertiary/aromatic N) is 5. The summed E-state index contributed by atoms with van der Waals surface area (Å²) in [6.07, 6.45) is 0.820. The lowest BCUT2D eigenvalue weighted by Gasteiger charge is -2.32. The first-order valence-electron chi connectivity index (χ1n) is 17.4. The minimum absolute atomic E-state index is 0.107. The molecule has 2 aliphatic rings. The Balaban J connectivity index is 1.64. The largest absolute Gasteiger partial charge is 0.465 e. The standard InChI is InChI=1S/C32H54N7O9P/c1-9-19(5)23(29(41)45-11-3)36-49(44,37-24(20(6)10-2)30(42)46-12-4)47-17-22-26(40)32(8,43)31(48-22)39-18-33-25-27(38-15-13-14-16-38)34-21(7)35-28(25)39/h18-20,22-24,26,31,40,43H,9-17H2,1-8H3,(H2,36,37,44)/t19?,20?,22-,23+,24+,26?,31-,32+,49?/m1/s1. The van der Waals surface area contributed by atoms with Crippen molar-refractivity contribution in [2.24, 2.45) is 11.8 Å². The lowest BCUT2D eigenvalue weighted by atomic mass is 9.96. The second-order valence-electron chi connectivity index (χ2n) is 13.1. The Morgan fingerprint density at radius 2 is 1.59 bits per heavy atom. The number of carbonyl (C=O) groups is 2. The fourth-order valence-corrected chi connectivity index (χ4v) is 8.16. The Kier molecular flexibility index (Phi) is 13.2. The molecule has 0 aliphatic carbocycles. The molecule has 16 nitrogen and oxygen atoms in total. The number of nitrogens with one attached hydrogen (secondary N) is 2. The minimum Gasteiger partial charge on any atom is -0.465 e. The van der Waals surface area contributed by atoms with E-state index in [1.165, 1.54) is 13.3 Å². The summed E-state index contributed by atoms with van der Waals surface area (Å²) in [5.74, 6) is -0.697.